The second kappa shape index (κ2) is 12.4. The quantitative estimate of drug-likeness (QED) is 0.636. The molecule has 0 spiro atoms. The summed E-state index contributed by atoms with van der Waals surface area (Å²) < 4.78 is 11.2. The molecule has 1 amide bonds. The first kappa shape index (κ1) is 24.9. The number of carbonyl (C=O) groups excluding carboxylic acids is 1. The first-order valence-electron chi connectivity index (χ1n) is 9.31. The number of carbonyl (C=O) groups is 1. The van der Waals surface area contributed by atoms with Gasteiger partial charge in [0.2, 0.25) is 0 Å². The van der Waals surface area contributed by atoms with E-state index in [-0.39, 0.29) is 24.8 Å². The highest BCUT2D eigenvalue weighted by atomic mass is 35.5. The van der Waals surface area contributed by atoms with Crippen LogP contribution in [0.15, 0.2) is 48.5 Å². The Hall–Kier alpha value is -2.15. The number of para-hydroxylation sites is 3. The Morgan fingerprint density at radius 3 is 2.24 bits per heavy atom. The first-order valence-corrected chi connectivity index (χ1v) is 9.31. The lowest BCUT2D eigenvalue weighted by Crippen LogP contribution is -2.46. The molecule has 0 bridgehead atoms. The number of primary amides is 1. The highest BCUT2D eigenvalue weighted by Crippen LogP contribution is 2.28. The van der Waals surface area contributed by atoms with Crippen molar-refractivity contribution in [3.63, 3.8) is 0 Å². The van der Waals surface area contributed by atoms with E-state index < -0.39 is 5.91 Å². The van der Waals surface area contributed by atoms with Crippen molar-refractivity contribution >= 4 is 36.4 Å². The van der Waals surface area contributed by atoms with Crippen molar-refractivity contribution in [1.82, 2.24) is 4.90 Å². The monoisotopic (exact) mass is 441 g/mol. The molecule has 0 aliphatic carbocycles. The van der Waals surface area contributed by atoms with E-state index in [1.165, 1.54) is 0 Å². The van der Waals surface area contributed by atoms with E-state index in [0.717, 1.165) is 50.6 Å². The fourth-order valence-corrected chi connectivity index (χ4v) is 3.37. The molecule has 2 aromatic carbocycles. The Morgan fingerprint density at radius 2 is 1.59 bits per heavy atom. The summed E-state index contributed by atoms with van der Waals surface area (Å²) in [5.41, 5.74) is 6.97. The van der Waals surface area contributed by atoms with Gasteiger partial charge in [-0.05, 0) is 30.7 Å². The molecule has 3 rings (SSSR count). The van der Waals surface area contributed by atoms with Crippen LogP contribution in [0.4, 0.5) is 5.69 Å². The third kappa shape index (κ3) is 6.70. The number of halogens is 2. The summed E-state index contributed by atoms with van der Waals surface area (Å²) >= 11 is 0. The molecule has 0 saturated carbocycles. The van der Waals surface area contributed by atoms with Crippen LogP contribution >= 0.6 is 24.8 Å². The Bertz CT molecular complexity index is 768. The molecule has 2 aromatic rings. The minimum absolute atomic E-state index is 0. The maximum atomic E-state index is 11.4. The number of methoxy groups -OCH3 is 1. The Kier molecular flexibility index (Phi) is 10.7. The number of hydrogen-bond acceptors (Lipinski definition) is 5. The topological polar surface area (TPSA) is 68.0 Å². The minimum atomic E-state index is -0.460. The van der Waals surface area contributed by atoms with Gasteiger partial charge in [0.25, 0.3) is 5.91 Å². The van der Waals surface area contributed by atoms with Gasteiger partial charge in [-0.1, -0.05) is 24.3 Å². The van der Waals surface area contributed by atoms with E-state index >= 15 is 0 Å². The normalized spacial score (nSPS) is 13.8. The van der Waals surface area contributed by atoms with Crippen LogP contribution in [0.1, 0.15) is 16.8 Å². The number of rotatable bonds is 8. The number of piperazine rings is 1. The van der Waals surface area contributed by atoms with E-state index in [1.807, 2.05) is 24.3 Å². The summed E-state index contributed by atoms with van der Waals surface area (Å²) in [6.07, 6.45) is 0.905. The van der Waals surface area contributed by atoms with Crippen molar-refractivity contribution in [2.45, 2.75) is 6.42 Å². The molecular weight excluding hydrogens is 413 g/mol. The lowest BCUT2D eigenvalue weighted by molar-refractivity contribution is 0.0996. The van der Waals surface area contributed by atoms with Gasteiger partial charge >= 0.3 is 0 Å². The van der Waals surface area contributed by atoms with Crippen LogP contribution in [-0.2, 0) is 0 Å². The molecule has 0 radical (unpaired) electrons. The van der Waals surface area contributed by atoms with Gasteiger partial charge in [0.1, 0.15) is 11.5 Å². The van der Waals surface area contributed by atoms with Crippen molar-refractivity contribution in [1.29, 1.82) is 0 Å². The third-order valence-electron chi connectivity index (χ3n) is 4.83. The Labute approximate surface area is 184 Å². The summed E-state index contributed by atoms with van der Waals surface area (Å²) in [5.74, 6) is 1.02. The molecule has 8 heteroatoms. The second-order valence-electron chi connectivity index (χ2n) is 6.56. The summed E-state index contributed by atoms with van der Waals surface area (Å²) in [6, 6.07) is 15.3. The molecular formula is C21H29Cl2N3O3. The number of hydrogen-bond donors (Lipinski definition) is 1. The maximum absolute atomic E-state index is 11.4. The molecule has 160 valence electrons. The van der Waals surface area contributed by atoms with E-state index in [1.54, 1.807) is 25.3 Å². The minimum Gasteiger partial charge on any atom is -0.495 e. The van der Waals surface area contributed by atoms with Crippen LogP contribution in [0.2, 0.25) is 0 Å². The highest BCUT2D eigenvalue weighted by molar-refractivity contribution is 5.95. The van der Waals surface area contributed by atoms with Crippen molar-refractivity contribution in [2.75, 3.05) is 51.3 Å². The Morgan fingerprint density at radius 1 is 0.966 bits per heavy atom. The zero-order valence-electron chi connectivity index (χ0n) is 16.6. The molecule has 1 heterocycles. The van der Waals surface area contributed by atoms with Gasteiger partial charge in [-0.3, -0.25) is 9.69 Å². The Balaban J connectivity index is 0.00000210. The number of nitrogens with zero attached hydrogens (tertiary/aromatic N) is 2. The molecule has 0 aromatic heterocycles. The number of anilines is 1. The van der Waals surface area contributed by atoms with E-state index in [2.05, 4.69) is 15.9 Å². The van der Waals surface area contributed by atoms with Gasteiger partial charge in [0.15, 0.2) is 0 Å². The standard InChI is InChI=1S/C21H27N3O3.2ClH/c1-26-20-10-5-3-8-18(20)24-14-12-23(13-15-24)11-6-16-27-19-9-4-2-7-17(19)21(22)25;;/h2-5,7-10H,6,11-16H2,1H3,(H2,22,25);2*1H. The van der Waals surface area contributed by atoms with Gasteiger partial charge in [-0.15, -0.1) is 24.8 Å². The SMILES string of the molecule is COc1ccccc1N1CCN(CCCOc2ccccc2C(N)=O)CC1.Cl.Cl. The van der Waals surface area contributed by atoms with E-state index in [0.29, 0.717) is 17.9 Å². The van der Waals surface area contributed by atoms with Crippen molar-refractivity contribution < 1.29 is 14.3 Å². The average molecular weight is 442 g/mol. The largest absolute Gasteiger partial charge is 0.495 e. The summed E-state index contributed by atoms with van der Waals surface area (Å²) in [4.78, 5) is 16.2. The molecule has 29 heavy (non-hydrogen) atoms. The first-order chi connectivity index (χ1) is 13.2. The predicted molar refractivity (Wildman–Crippen MR) is 121 cm³/mol. The summed E-state index contributed by atoms with van der Waals surface area (Å²) in [5, 5.41) is 0. The van der Waals surface area contributed by atoms with Gasteiger partial charge in [0, 0.05) is 32.7 Å². The predicted octanol–water partition coefficient (Wildman–Crippen LogP) is 3.23. The zero-order chi connectivity index (χ0) is 19.1. The van der Waals surface area contributed by atoms with Crippen molar-refractivity contribution in [3.8, 4) is 11.5 Å². The fourth-order valence-electron chi connectivity index (χ4n) is 3.37. The van der Waals surface area contributed by atoms with Crippen LogP contribution in [-0.4, -0.2) is 57.2 Å². The van der Waals surface area contributed by atoms with Gasteiger partial charge in [0.05, 0.1) is 25.0 Å². The molecule has 0 atom stereocenters. The summed E-state index contributed by atoms with van der Waals surface area (Å²) in [6.45, 7) is 5.51. The number of nitrogens with two attached hydrogens (primary N) is 1. The third-order valence-corrected chi connectivity index (χ3v) is 4.83. The van der Waals surface area contributed by atoms with Crippen LogP contribution in [0.25, 0.3) is 0 Å². The second-order valence-corrected chi connectivity index (χ2v) is 6.56. The molecule has 1 aliphatic rings. The summed E-state index contributed by atoms with van der Waals surface area (Å²) in [7, 11) is 1.71. The van der Waals surface area contributed by atoms with Gasteiger partial charge < -0.3 is 20.1 Å². The average Bonchev–Trinajstić information content (AvgIpc) is 2.72. The lowest BCUT2D eigenvalue weighted by atomic mass is 10.2. The molecule has 1 saturated heterocycles. The molecule has 1 aliphatic heterocycles. The van der Waals surface area contributed by atoms with Crippen LogP contribution in [0, 0.1) is 0 Å². The van der Waals surface area contributed by atoms with Gasteiger partial charge in [-0.2, -0.15) is 0 Å². The van der Waals surface area contributed by atoms with Gasteiger partial charge in [-0.25, -0.2) is 0 Å². The van der Waals surface area contributed by atoms with E-state index in [9.17, 15) is 4.79 Å². The molecule has 1 fully saturated rings. The smallest absolute Gasteiger partial charge is 0.252 e. The van der Waals surface area contributed by atoms with Crippen molar-refractivity contribution in [3.05, 3.63) is 54.1 Å². The van der Waals surface area contributed by atoms with Crippen LogP contribution in [0.5, 0.6) is 11.5 Å². The molecule has 0 unspecified atom stereocenters. The number of ether oxygens (including phenoxy) is 2. The van der Waals surface area contributed by atoms with Crippen LogP contribution < -0.4 is 20.1 Å². The number of amides is 1. The lowest BCUT2D eigenvalue weighted by Gasteiger charge is -2.36. The van der Waals surface area contributed by atoms with Crippen molar-refractivity contribution in [2.24, 2.45) is 5.73 Å². The highest BCUT2D eigenvalue weighted by Gasteiger charge is 2.19. The fraction of sp³-hybridized carbons (Fsp3) is 0.381. The molecule has 2 N–H and O–H groups in total. The molecule has 6 nitrogen and oxygen atoms in total. The maximum Gasteiger partial charge on any atom is 0.252 e. The number of benzene rings is 2. The zero-order valence-corrected chi connectivity index (χ0v) is 18.2. The van der Waals surface area contributed by atoms with E-state index in [4.69, 9.17) is 15.2 Å². The van der Waals surface area contributed by atoms with Crippen LogP contribution in [0.3, 0.4) is 0 Å².